The molecule has 0 bridgehead atoms. The molecule has 1 N–H and O–H groups in total. The molecule has 17 heavy (non-hydrogen) atoms. The fourth-order valence-corrected chi connectivity index (χ4v) is 2.60. The van der Waals surface area contributed by atoms with Gasteiger partial charge >= 0.3 is 0 Å². The second-order valence-corrected chi connectivity index (χ2v) is 5.34. The average Bonchev–Trinajstić information content (AvgIpc) is 2.30. The van der Waals surface area contributed by atoms with Gasteiger partial charge in [-0.15, -0.1) is 0 Å². The summed E-state index contributed by atoms with van der Waals surface area (Å²) < 4.78 is 1.80. The summed E-state index contributed by atoms with van der Waals surface area (Å²) in [6.45, 7) is 3.43. The Bertz CT molecular complexity index is 474. The summed E-state index contributed by atoms with van der Waals surface area (Å²) in [5.74, 6) is 0.310. The van der Waals surface area contributed by atoms with Crippen LogP contribution in [0.2, 0.25) is 0 Å². The summed E-state index contributed by atoms with van der Waals surface area (Å²) in [5, 5.41) is 13.9. The smallest absolute Gasteiger partial charge is 0.282 e. The zero-order valence-corrected chi connectivity index (χ0v) is 11.5. The molecule has 1 saturated heterocycles. The summed E-state index contributed by atoms with van der Waals surface area (Å²) in [5.41, 5.74) is 0.606. The van der Waals surface area contributed by atoms with E-state index in [9.17, 15) is 9.90 Å². The van der Waals surface area contributed by atoms with Crippen LogP contribution in [0.25, 0.3) is 0 Å². The van der Waals surface area contributed by atoms with Gasteiger partial charge in [0.25, 0.3) is 5.56 Å². The first kappa shape index (κ1) is 12.6. The Morgan fingerprint density at radius 2 is 2.29 bits per heavy atom. The number of halogens is 1. The van der Waals surface area contributed by atoms with Gasteiger partial charge in [0.2, 0.25) is 0 Å². The standard InChI is InChI=1S/C11H16BrN3O2/c1-7-3-4-15(6-9(7)16)8-5-13-14(2)11(17)10(8)12/h5,7,9,16H,3-4,6H2,1-2H3. The summed E-state index contributed by atoms with van der Waals surface area (Å²) >= 11 is 3.30. The molecule has 1 aromatic heterocycles. The molecule has 1 aliphatic heterocycles. The first-order valence-corrected chi connectivity index (χ1v) is 6.45. The third-order valence-electron chi connectivity index (χ3n) is 3.32. The Balaban J connectivity index is 2.30. The number of piperidine rings is 1. The molecule has 2 unspecified atom stereocenters. The van der Waals surface area contributed by atoms with Crippen LogP contribution < -0.4 is 10.5 Å². The lowest BCUT2D eigenvalue weighted by atomic mass is 9.96. The van der Waals surface area contributed by atoms with Crippen LogP contribution in [0.5, 0.6) is 0 Å². The van der Waals surface area contributed by atoms with Gasteiger partial charge in [-0.1, -0.05) is 6.92 Å². The van der Waals surface area contributed by atoms with Gasteiger partial charge in [0.15, 0.2) is 0 Å². The molecule has 0 radical (unpaired) electrons. The Labute approximate surface area is 108 Å². The van der Waals surface area contributed by atoms with Crippen molar-refractivity contribution >= 4 is 21.6 Å². The second-order valence-electron chi connectivity index (χ2n) is 4.55. The number of aromatic nitrogens is 2. The number of hydrogen-bond donors (Lipinski definition) is 1. The molecule has 1 aromatic rings. The SMILES string of the molecule is CC1CCN(c2cnn(C)c(=O)c2Br)CC1O. The van der Waals surface area contributed by atoms with Gasteiger partial charge in [0, 0.05) is 20.1 Å². The van der Waals surface area contributed by atoms with E-state index < -0.39 is 0 Å². The highest BCUT2D eigenvalue weighted by Crippen LogP contribution is 2.26. The van der Waals surface area contributed by atoms with Gasteiger partial charge in [0.1, 0.15) is 4.47 Å². The minimum absolute atomic E-state index is 0.157. The van der Waals surface area contributed by atoms with Gasteiger partial charge in [0.05, 0.1) is 18.0 Å². The van der Waals surface area contributed by atoms with Gasteiger partial charge in [-0.3, -0.25) is 4.79 Å². The Hall–Kier alpha value is -0.880. The quantitative estimate of drug-likeness (QED) is 0.832. The average molecular weight is 302 g/mol. The molecule has 0 aromatic carbocycles. The van der Waals surface area contributed by atoms with Crippen molar-refractivity contribution in [1.29, 1.82) is 0 Å². The highest BCUT2D eigenvalue weighted by atomic mass is 79.9. The molecule has 1 aliphatic rings. The molecule has 5 nitrogen and oxygen atoms in total. The van der Waals surface area contributed by atoms with Crippen LogP contribution in [0.3, 0.4) is 0 Å². The van der Waals surface area contributed by atoms with Crippen molar-refractivity contribution in [3.8, 4) is 0 Å². The number of hydrogen-bond acceptors (Lipinski definition) is 4. The molecule has 2 rings (SSSR count). The lowest BCUT2D eigenvalue weighted by Gasteiger charge is -2.35. The van der Waals surface area contributed by atoms with E-state index >= 15 is 0 Å². The van der Waals surface area contributed by atoms with Crippen LogP contribution in [0, 0.1) is 5.92 Å². The summed E-state index contributed by atoms with van der Waals surface area (Å²) in [6, 6.07) is 0. The first-order chi connectivity index (χ1) is 8.00. The molecule has 0 spiro atoms. The zero-order valence-electron chi connectivity index (χ0n) is 9.93. The molecule has 0 amide bonds. The van der Waals surface area contributed by atoms with E-state index in [1.54, 1.807) is 13.2 Å². The largest absolute Gasteiger partial charge is 0.391 e. The minimum Gasteiger partial charge on any atom is -0.391 e. The van der Waals surface area contributed by atoms with Crippen LogP contribution in [-0.2, 0) is 7.05 Å². The molecular weight excluding hydrogens is 286 g/mol. The van der Waals surface area contributed by atoms with E-state index in [1.165, 1.54) is 4.68 Å². The van der Waals surface area contributed by atoms with Crippen LogP contribution in [0.15, 0.2) is 15.5 Å². The minimum atomic E-state index is -0.347. The second kappa shape index (κ2) is 4.78. The molecule has 0 saturated carbocycles. The van der Waals surface area contributed by atoms with Crippen molar-refractivity contribution in [1.82, 2.24) is 9.78 Å². The van der Waals surface area contributed by atoms with Gasteiger partial charge < -0.3 is 10.0 Å². The number of nitrogens with zero attached hydrogens (tertiary/aromatic N) is 3. The van der Waals surface area contributed by atoms with E-state index in [2.05, 4.69) is 21.0 Å². The van der Waals surface area contributed by atoms with Crippen molar-refractivity contribution in [2.75, 3.05) is 18.0 Å². The fourth-order valence-electron chi connectivity index (χ4n) is 1.99. The molecule has 94 valence electrons. The van der Waals surface area contributed by atoms with E-state index in [4.69, 9.17) is 0 Å². The third kappa shape index (κ3) is 2.37. The Kier molecular flexibility index (Phi) is 3.53. The van der Waals surface area contributed by atoms with Crippen molar-refractivity contribution in [2.45, 2.75) is 19.4 Å². The maximum atomic E-state index is 11.7. The van der Waals surface area contributed by atoms with E-state index in [1.807, 2.05) is 11.8 Å². The normalized spacial score (nSPS) is 25.1. The maximum Gasteiger partial charge on any atom is 0.282 e. The number of rotatable bonds is 1. The van der Waals surface area contributed by atoms with Crippen LogP contribution in [-0.4, -0.2) is 34.1 Å². The number of aryl methyl sites for hydroxylation is 1. The Morgan fingerprint density at radius 3 is 2.94 bits per heavy atom. The van der Waals surface area contributed by atoms with Gasteiger partial charge in [-0.2, -0.15) is 5.10 Å². The monoisotopic (exact) mass is 301 g/mol. The van der Waals surface area contributed by atoms with E-state index in [0.717, 1.165) is 18.7 Å². The van der Waals surface area contributed by atoms with Crippen molar-refractivity contribution < 1.29 is 5.11 Å². The molecule has 1 fully saturated rings. The Morgan fingerprint density at radius 1 is 1.59 bits per heavy atom. The summed E-state index contributed by atoms with van der Waals surface area (Å²) in [4.78, 5) is 13.7. The predicted molar refractivity (Wildman–Crippen MR) is 69.2 cm³/mol. The summed E-state index contributed by atoms with van der Waals surface area (Å²) in [6.07, 6.45) is 2.23. The molecule has 6 heteroatoms. The molecule has 0 aliphatic carbocycles. The fraction of sp³-hybridized carbons (Fsp3) is 0.636. The predicted octanol–water partition coefficient (Wildman–Crippen LogP) is 0.750. The number of β-amino-alcohol motifs (C(OH)–C–C–N with tert-alkyl or cyclic N) is 1. The molecular formula is C11H16BrN3O2. The highest BCUT2D eigenvalue weighted by molar-refractivity contribution is 9.10. The number of anilines is 1. The lowest BCUT2D eigenvalue weighted by Crippen LogP contribution is -2.43. The van der Waals surface area contributed by atoms with Gasteiger partial charge in [-0.05, 0) is 28.3 Å². The number of aliphatic hydroxyl groups is 1. The molecule has 2 atom stereocenters. The number of aliphatic hydroxyl groups excluding tert-OH is 1. The van der Waals surface area contributed by atoms with Crippen molar-refractivity contribution in [2.24, 2.45) is 13.0 Å². The maximum absolute atomic E-state index is 11.7. The molecule has 2 heterocycles. The third-order valence-corrected chi connectivity index (χ3v) is 4.06. The first-order valence-electron chi connectivity index (χ1n) is 5.65. The van der Waals surface area contributed by atoms with Crippen LogP contribution >= 0.6 is 15.9 Å². The van der Waals surface area contributed by atoms with E-state index in [0.29, 0.717) is 16.9 Å². The zero-order chi connectivity index (χ0) is 12.6. The topological polar surface area (TPSA) is 58.4 Å². The highest BCUT2D eigenvalue weighted by Gasteiger charge is 2.26. The lowest BCUT2D eigenvalue weighted by molar-refractivity contribution is 0.103. The van der Waals surface area contributed by atoms with Crippen LogP contribution in [0.1, 0.15) is 13.3 Å². The van der Waals surface area contributed by atoms with E-state index in [-0.39, 0.29) is 11.7 Å². The van der Waals surface area contributed by atoms with Gasteiger partial charge in [-0.25, -0.2) is 4.68 Å². The van der Waals surface area contributed by atoms with Crippen molar-refractivity contribution in [3.05, 3.63) is 21.0 Å². The summed E-state index contributed by atoms with van der Waals surface area (Å²) in [7, 11) is 1.62. The van der Waals surface area contributed by atoms with Crippen LogP contribution in [0.4, 0.5) is 5.69 Å². The van der Waals surface area contributed by atoms with Crippen molar-refractivity contribution in [3.63, 3.8) is 0 Å².